The molecular weight excluding hydrogens is 284 g/mol. The van der Waals surface area contributed by atoms with Crippen LogP contribution in [0.15, 0.2) is 61.2 Å². The molecule has 2 heteroatoms. The molecule has 120 valence electrons. The summed E-state index contributed by atoms with van der Waals surface area (Å²) in [5, 5.41) is 0. The number of hydrogen-bond acceptors (Lipinski definition) is 2. The van der Waals surface area contributed by atoms with Crippen molar-refractivity contribution in [2.45, 2.75) is 32.6 Å². The van der Waals surface area contributed by atoms with Crippen LogP contribution in [-0.2, 0) is 21.4 Å². The summed E-state index contributed by atoms with van der Waals surface area (Å²) in [6.45, 7) is 10.3. The number of carbonyl (C=O) groups excluding carboxylic acids is 1. The summed E-state index contributed by atoms with van der Waals surface area (Å²) in [6.07, 6.45) is 1.90. The molecule has 0 amide bonds. The van der Waals surface area contributed by atoms with Crippen molar-refractivity contribution < 1.29 is 9.53 Å². The fourth-order valence-electron chi connectivity index (χ4n) is 2.55. The van der Waals surface area contributed by atoms with Crippen LogP contribution < -0.4 is 0 Å². The van der Waals surface area contributed by atoms with E-state index in [0.717, 1.165) is 5.56 Å². The van der Waals surface area contributed by atoms with E-state index in [4.69, 9.17) is 4.74 Å². The van der Waals surface area contributed by atoms with Crippen LogP contribution in [0.4, 0.5) is 0 Å². The van der Waals surface area contributed by atoms with E-state index in [0.29, 0.717) is 13.0 Å². The molecule has 2 aromatic rings. The van der Waals surface area contributed by atoms with E-state index in [-0.39, 0.29) is 11.4 Å². The van der Waals surface area contributed by atoms with Crippen LogP contribution >= 0.6 is 0 Å². The summed E-state index contributed by atoms with van der Waals surface area (Å²) >= 11 is 0. The Morgan fingerprint density at radius 1 is 1.04 bits per heavy atom. The molecular formula is C21H24O2. The van der Waals surface area contributed by atoms with Crippen molar-refractivity contribution in [1.29, 1.82) is 0 Å². The summed E-state index contributed by atoms with van der Waals surface area (Å²) in [7, 11) is 0. The first-order valence-electron chi connectivity index (χ1n) is 7.89. The average Bonchev–Trinajstić information content (AvgIpc) is 2.55. The molecule has 2 aromatic carbocycles. The maximum atomic E-state index is 11.0. The van der Waals surface area contributed by atoms with Gasteiger partial charge >= 0.3 is 5.97 Å². The summed E-state index contributed by atoms with van der Waals surface area (Å²) in [4.78, 5) is 11.0. The highest BCUT2D eigenvalue weighted by Crippen LogP contribution is 2.31. The average molecular weight is 308 g/mol. The summed E-state index contributed by atoms with van der Waals surface area (Å²) < 4.78 is 5.02. The van der Waals surface area contributed by atoms with E-state index in [1.807, 2.05) is 0 Å². The fraction of sp³-hybridized carbons (Fsp3) is 0.286. The van der Waals surface area contributed by atoms with E-state index >= 15 is 0 Å². The van der Waals surface area contributed by atoms with Crippen molar-refractivity contribution in [3.8, 4) is 0 Å². The molecule has 0 atom stereocenters. The molecule has 0 aliphatic rings. The number of esters is 1. The van der Waals surface area contributed by atoms with Crippen molar-refractivity contribution >= 4 is 5.97 Å². The zero-order chi connectivity index (χ0) is 16.9. The van der Waals surface area contributed by atoms with Crippen LogP contribution in [0, 0.1) is 6.92 Å². The minimum atomic E-state index is -0.373. The van der Waals surface area contributed by atoms with Gasteiger partial charge < -0.3 is 4.74 Å². The number of ether oxygens (including phenoxy) is 1. The van der Waals surface area contributed by atoms with Crippen molar-refractivity contribution in [2.75, 3.05) is 6.61 Å². The van der Waals surface area contributed by atoms with E-state index in [9.17, 15) is 4.79 Å². The van der Waals surface area contributed by atoms with Gasteiger partial charge in [-0.1, -0.05) is 74.5 Å². The van der Waals surface area contributed by atoms with Gasteiger partial charge in [-0.05, 0) is 23.6 Å². The number of hydrogen-bond donors (Lipinski definition) is 0. The highest BCUT2D eigenvalue weighted by atomic mass is 16.5. The lowest BCUT2D eigenvalue weighted by Crippen LogP contribution is -2.18. The summed E-state index contributed by atoms with van der Waals surface area (Å²) in [5.41, 5.74) is 4.96. The van der Waals surface area contributed by atoms with Crippen molar-refractivity contribution in [3.63, 3.8) is 0 Å². The predicted molar refractivity (Wildman–Crippen MR) is 94.6 cm³/mol. The van der Waals surface area contributed by atoms with Gasteiger partial charge in [0, 0.05) is 17.9 Å². The molecule has 0 aliphatic heterocycles. The maximum absolute atomic E-state index is 11.0. The Balaban J connectivity index is 2.07. The second kappa shape index (κ2) is 7.28. The van der Waals surface area contributed by atoms with Crippen LogP contribution in [0.2, 0.25) is 0 Å². The van der Waals surface area contributed by atoms with Crippen molar-refractivity contribution in [2.24, 2.45) is 0 Å². The first kappa shape index (κ1) is 17.0. The molecule has 23 heavy (non-hydrogen) atoms. The standard InChI is InChI=1S/C21H24O2/c1-5-20(22)23-15-14-17-8-12-19(13-9-17)21(3,4)18-10-6-16(2)7-11-18/h5-13H,1,14-15H2,2-4H3. The quantitative estimate of drug-likeness (QED) is 0.576. The zero-order valence-corrected chi connectivity index (χ0v) is 14.1. The Morgan fingerprint density at radius 3 is 2.09 bits per heavy atom. The highest BCUT2D eigenvalue weighted by molar-refractivity contribution is 5.81. The predicted octanol–water partition coefficient (Wildman–Crippen LogP) is 4.59. The molecule has 0 N–H and O–H groups in total. The number of benzene rings is 2. The van der Waals surface area contributed by atoms with Gasteiger partial charge in [-0.25, -0.2) is 4.79 Å². The lowest BCUT2D eigenvalue weighted by Gasteiger charge is -2.26. The minimum absolute atomic E-state index is 0.0401. The second-order valence-electron chi connectivity index (χ2n) is 6.31. The number of aryl methyl sites for hydroxylation is 1. The molecule has 0 aromatic heterocycles. The van der Waals surface area contributed by atoms with E-state index in [1.165, 1.54) is 22.8 Å². The van der Waals surface area contributed by atoms with Crippen LogP contribution in [0.5, 0.6) is 0 Å². The fourth-order valence-corrected chi connectivity index (χ4v) is 2.55. The Kier molecular flexibility index (Phi) is 5.38. The van der Waals surface area contributed by atoms with E-state index in [2.05, 4.69) is 75.9 Å². The Labute approximate surface area is 138 Å². The maximum Gasteiger partial charge on any atom is 0.330 e. The number of rotatable bonds is 6. The first-order valence-corrected chi connectivity index (χ1v) is 7.89. The van der Waals surface area contributed by atoms with Gasteiger partial charge in [-0.15, -0.1) is 0 Å². The zero-order valence-electron chi connectivity index (χ0n) is 14.1. The van der Waals surface area contributed by atoms with Crippen molar-refractivity contribution in [3.05, 3.63) is 83.4 Å². The Morgan fingerprint density at radius 2 is 1.57 bits per heavy atom. The monoisotopic (exact) mass is 308 g/mol. The molecule has 2 rings (SSSR count). The van der Waals surface area contributed by atoms with Gasteiger partial charge in [0.05, 0.1) is 6.61 Å². The third-order valence-electron chi connectivity index (χ3n) is 4.25. The van der Waals surface area contributed by atoms with E-state index in [1.54, 1.807) is 0 Å². The molecule has 0 saturated carbocycles. The van der Waals surface area contributed by atoms with Gasteiger partial charge in [-0.3, -0.25) is 0 Å². The molecule has 0 radical (unpaired) electrons. The van der Waals surface area contributed by atoms with Gasteiger partial charge in [0.1, 0.15) is 0 Å². The van der Waals surface area contributed by atoms with Crippen LogP contribution in [-0.4, -0.2) is 12.6 Å². The third-order valence-corrected chi connectivity index (χ3v) is 4.25. The molecule has 2 nitrogen and oxygen atoms in total. The normalized spacial score (nSPS) is 11.1. The third kappa shape index (κ3) is 4.32. The largest absolute Gasteiger partial charge is 0.462 e. The Bertz CT molecular complexity index is 664. The van der Waals surface area contributed by atoms with Crippen LogP contribution in [0.25, 0.3) is 0 Å². The number of carbonyl (C=O) groups is 1. The lowest BCUT2D eigenvalue weighted by atomic mass is 9.78. The van der Waals surface area contributed by atoms with E-state index < -0.39 is 0 Å². The SMILES string of the molecule is C=CC(=O)OCCc1ccc(C(C)(C)c2ccc(C)cc2)cc1. The molecule has 0 fully saturated rings. The van der Waals surface area contributed by atoms with Crippen LogP contribution in [0.1, 0.15) is 36.1 Å². The first-order chi connectivity index (χ1) is 10.9. The minimum Gasteiger partial charge on any atom is -0.462 e. The lowest BCUT2D eigenvalue weighted by molar-refractivity contribution is -0.137. The smallest absolute Gasteiger partial charge is 0.330 e. The molecule has 0 saturated heterocycles. The molecule has 0 heterocycles. The second-order valence-corrected chi connectivity index (χ2v) is 6.31. The molecule has 0 bridgehead atoms. The van der Waals surface area contributed by atoms with Gasteiger partial charge in [0.15, 0.2) is 0 Å². The van der Waals surface area contributed by atoms with Gasteiger partial charge in [-0.2, -0.15) is 0 Å². The molecule has 0 spiro atoms. The van der Waals surface area contributed by atoms with Crippen LogP contribution in [0.3, 0.4) is 0 Å². The topological polar surface area (TPSA) is 26.3 Å². The molecule has 0 aliphatic carbocycles. The van der Waals surface area contributed by atoms with Gasteiger partial charge in [0.25, 0.3) is 0 Å². The summed E-state index contributed by atoms with van der Waals surface area (Å²) in [5.74, 6) is -0.373. The molecule has 0 unspecified atom stereocenters. The highest BCUT2D eigenvalue weighted by Gasteiger charge is 2.22. The van der Waals surface area contributed by atoms with Crippen molar-refractivity contribution in [1.82, 2.24) is 0 Å². The Hall–Kier alpha value is -2.35. The summed E-state index contributed by atoms with van der Waals surface area (Å²) in [6, 6.07) is 17.2. The van der Waals surface area contributed by atoms with Gasteiger partial charge in [0.2, 0.25) is 0 Å².